The molecule has 1 heterocycles. The summed E-state index contributed by atoms with van der Waals surface area (Å²) in [7, 11) is -0.602. The molecule has 0 unspecified atom stereocenters. The first-order valence-corrected chi connectivity index (χ1v) is 11.8. The van der Waals surface area contributed by atoms with Crippen LogP contribution in [-0.2, 0) is 17.1 Å². The van der Waals surface area contributed by atoms with Crippen LogP contribution in [0, 0.1) is 6.92 Å². The molecule has 8 heteroatoms. The standard InChI is InChI=1S/C25H21N3O4S/c1-14-8-9-15(12-21(14)33(31,32)26-2)27-19-10-11-20-23-18(13-22(29)28(20)3)16-6-4-5-7-17(16)25(30)24(19)23/h4-13,26-27H,1-3H3. The molecule has 0 saturated carbocycles. The van der Waals surface area contributed by atoms with E-state index in [1.165, 1.54) is 11.6 Å². The summed E-state index contributed by atoms with van der Waals surface area (Å²) in [6.07, 6.45) is 0. The molecular formula is C25H21N3O4S. The van der Waals surface area contributed by atoms with Gasteiger partial charge in [0, 0.05) is 29.8 Å². The molecule has 7 nitrogen and oxygen atoms in total. The number of nitrogens with zero attached hydrogens (tertiary/aromatic N) is 1. The van der Waals surface area contributed by atoms with Crippen molar-refractivity contribution in [2.45, 2.75) is 11.8 Å². The number of nitrogens with one attached hydrogen (secondary N) is 2. The number of ketones is 1. The number of benzene rings is 3. The fourth-order valence-electron chi connectivity index (χ4n) is 4.39. The van der Waals surface area contributed by atoms with Crippen molar-refractivity contribution in [3.63, 3.8) is 0 Å². The molecule has 33 heavy (non-hydrogen) atoms. The van der Waals surface area contributed by atoms with E-state index in [0.717, 1.165) is 5.56 Å². The Morgan fingerprint density at radius 1 is 0.879 bits per heavy atom. The Bertz CT molecular complexity index is 1650. The van der Waals surface area contributed by atoms with E-state index >= 15 is 0 Å². The molecule has 1 aliphatic rings. The van der Waals surface area contributed by atoms with Gasteiger partial charge >= 0.3 is 0 Å². The molecule has 1 aromatic heterocycles. The van der Waals surface area contributed by atoms with E-state index in [2.05, 4.69) is 10.0 Å². The zero-order chi connectivity index (χ0) is 23.5. The van der Waals surface area contributed by atoms with Gasteiger partial charge in [-0.25, -0.2) is 13.1 Å². The minimum atomic E-state index is -3.65. The summed E-state index contributed by atoms with van der Waals surface area (Å²) in [5, 5.41) is 3.93. The van der Waals surface area contributed by atoms with Gasteiger partial charge in [-0.05, 0) is 54.9 Å². The fraction of sp³-hybridized carbons (Fsp3) is 0.120. The normalized spacial score (nSPS) is 12.6. The first-order valence-electron chi connectivity index (χ1n) is 10.3. The number of pyridine rings is 1. The molecule has 0 spiro atoms. The van der Waals surface area contributed by atoms with Crippen LogP contribution in [0.1, 0.15) is 21.5 Å². The maximum absolute atomic E-state index is 13.6. The van der Waals surface area contributed by atoms with E-state index in [9.17, 15) is 18.0 Å². The van der Waals surface area contributed by atoms with Crippen LogP contribution >= 0.6 is 0 Å². The summed E-state index contributed by atoms with van der Waals surface area (Å²) in [6.45, 7) is 1.72. The minimum Gasteiger partial charge on any atom is -0.355 e. The van der Waals surface area contributed by atoms with Gasteiger partial charge in [0.05, 0.1) is 21.7 Å². The van der Waals surface area contributed by atoms with Gasteiger partial charge in [0.25, 0.3) is 5.56 Å². The van der Waals surface area contributed by atoms with Crippen molar-refractivity contribution < 1.29 is 13.2 Å². The molecule has 0 atom stereocenters. The topological polar surface area (TPSA) is 97.3 Å². The van der Waals surface area contributed by atoms with Gasteiger partial charge in [-0.1, -0.05) is 30.3 Å². The number of fused-ring (bicyclic) bond motifs is 2. The SMILES string of the molecule is CNS(=O)(=O)c1cc(Nc2ccc3c4c(cc(=O)n3C)-c3ccccc3C(=O)c24)ccc1C. The van der Waals surface area contributed by atoms with Crippen LogP contribution in [0.2, 0.25) is 0 Å². The van der Waals surface area contributed by atoms with Gasteiger partial charge in [0.2, 0.25) is 10.0 Å². The Labute approximate surface area is 190 Å². The van der Waals surface area contributed by atoms with Crippen molar-refractivity contribution in [2.24, 2.45) is 7.05 Å². The summed E-state index contributed by atoms with van der Waals surface area (Å²) in [6, 6.07) is 17.4. The third kappa shape index (κ3) is 3.18. The number of carbonyl (C=O) groups excluding carboxylic acids is 1. The van der Waals surface area contributed by atoms with Crippen LogP contribution in [0.25, 0.3) is 22.0 Å². The van der Waals surface area contributed by atoms with Crippen molar-refractivity contribution in [1.82, 2.24) is 9.29 Å². The Balaban J connectivity index is 1.76. The molecule has 0 bridgehead atoms. The molecule has 0 amide bonds. The van der Waals surface area contributed by atoms with Crippen LogP contribution in [0.4, 0.5) is 11.4 Å². The number of aromatic nitrogens is 1. The molecule has 0 fully saturated rings. The second-order valence-corrected chi connectivity index (χ2v) is 9.88. The largest absolute Gasteiger partial charge is 0.355 e. The van der Waals surface area contributed by atoms with Gasteiger partial charge < -0.3 is 9.88 Å². The second-order valence-electron chi connectivity index (χ2n) is 8.03. The third-order valence-corrected chi connectivity index (χ3v) is 7.68. The first kappa shape index (κ1) is 21.1. The summed E-state index contributed by atoms with van der Waals surface area (Å²) in [4.78, 5) is 26.4. The highest BCUT2D eigenvalue weighted by atomic mass is 32.2. The predicted molar refractivity (Wildman–Crippen MR) is 129 cm³/mol. The Morgan fingerprint density at radius 2 is 1.61 bits per heavy atom. The lowest BCUT2D eigenvalue weighted by Gasteiger charge is -2.23. The predicted octanol–water partition coefficient (Wildman–Crippen LogP) is 3.71. The zero-order valence-corrected chi connectivity index (χ0v) is 19.1. The maximum Gasteiger partial charge on any atom is 0.251 e. The van der Waals surface area contributed by atoms with Crippen LogP contribution in [0.3, 0.4) is 0 Å². The lowest BCUT2D eigenvalue weighted by molar-refractivity contribution is 0.104. The molecule has 0 saturated heterocycles. The Morgan fingerprint density at radius 3 is 2.33 bits per heavy atom. The van der Waals surface area contributed by atoms with Crippen molar-refractivity contribution in [1.29, 1.82) is 0 Å². The van der Waals surface area contributed by atoms with Crippen molar-refractivity contribution in [3.05, 3.63) is 87.7 Å². The monoisotopic (exact) mass is 459 g/mol. The fourth-order valence-corrected chi connectivity index (χ4v) is 5.38. The van der Waals surface area contributed by atoms with E-state index in [1.54, 1.807) is 62.5 Å². The Kier molecular flexibility index (Phi) is 4.73. The highest BCUT2D eigenvalue weighted by molar-refractivity contribution is 7.89. The van der Waals surface area contributed by atoms with Gasteiger partial charge in [0.15, 0.2) is 5.78 Å². The van der Waals surface area contributed by atoms with Gasteiger partial charge in [0.1, 0.15) is 0 Å². The second kappa shape index (κ2) is 7.40. The number of hydrogen-bond acceptors (Lipinski definition) is 5. The average Bonchev–Trinajstić information content (AvgIpc) is 2.81. The number of anilines is 2. The third-order valence-electron chi connectivity index (χ3n) is 6.13. The zero-order valence-electron chi connectivity index (χ0n) is 18.3. The van der Waals surface area contributed by atoms with Crippen molar-refractivity contribution >= 4 is 38.1 Å². The molecule has 3 aromatic carbocycles. The first-order chi connectivity index (χ1) is 15.7. The Hall–Kier alpha value is -3.75. The summed E-state index contributed by atoms with van der Waals surface area (Å²) >= 11 is 0. The summed E-state index contributed by atoms with van der Waals surface area (Å²) in [5.74, 6) is -0.153. The molecule has 1 aliphatic carbocycles. The summed E-state index contributed by atoms with van der Waals surface area (Å²) in [5.41, 5.74) is 4.60. The molecule has 166 valence electrons. The lowest BCUT2D eigenvalue weighted by atomic mass is 9.83. The van der Waals surface area contributed by atoms with E-state index in [1.807, 2.05) is 12.1 Å². The van der Waals surface area contributed by atoms with Crippen LogP contribution in [0.5, 0.6) is 0 Å². The van der Waals surface area contributed by atoms with Crippen LogP contribution in [-0.4, -0.2) is 25.8 Å². The van der Waals surface area contributed by atoms with E-state index in [4.69, 9.17) is 0 Å². The molecular weight excluding hydrogens is 438 g/mol. The number of sulfonamides is 1. The number of carbonyl (C=O) groups is 1. The molecule has 5 rings (SSSR count). The van der Waals surface area contributed by atoms with E-state index in [-0.39, 0.29) is 16.2 Å². The van der Waals surface area contributed by atoms with Gasteiger partial charge in [-0.2, -0.15) is 0 Å². The minimum absolute atomic E-state index is 0.153. The summed E-state index contributed by atoms with van der Waals surface area (Å²) < 4.78 is 28.7. The molecule has 0 aliphatic heterocycles. The van der Waals surface area contributed by atoms with E-state index < -0.39 is 10.0 Å². The maximum atomic E-state index is 13.6. The van der Waals surface area contributed by atoms with Gasteiger partial charge in [-0.15, -0.1) is 0 Å². The van der Waals surface area contributed by atoms with Crippen molar-refractivity contribution in [3.8, 4) is 11.1 Å². The number of rotatable bonds is 4. The van der Waals surface area contributed by atoms with Crippen LogP contribution < -0.4 is 15.6 Å². The highest BCUT2D eigenvalue weighted by Crippen LogP contribution is 2.42. The average molecular weight is 460 g/mol. The van der Waals surface area contributed by atoms with Gasteiger partial charge in [-0.3, -0.25) is 9.59 Å². The lowest BCUT2D eigenvalue weighted by Crippen LogP contribution is -2.21. The quantitative estimate of drug-likeness (QED) is 0.427. The molecule has 0 radical (unpaired) electrons. The molecule has 2 N–H and O–H groups in total. The highest BCUT2D eigenvalue weighted by Gasteiger charge is 2.29. The molecule has 4 aromatic rings. The van der Waals surface area contributed by atoms with Crippen molar-refractivity contribution in [2.75, 3.05) is 12.4 Å². The number of aryl methyl sites for hydroxylation is 2. The number of hydrogen-bond donors (Lipinski definition) is 2. The smallest absolute Gasteiger partial charge is 0.251 e. The van der Waals surface area contributed by atoms with Crippen LogP contribution in [0.15, 0.2) is 70.4 Å². The van der Waals surface area contributed by atoms with E-state index in [0.29, 0.717) is 44.5 Å².